The van der Waals surface area contributed by atoms with Crippen LogP contribution in [0.4, 0.5) is 0 Å². The molecule has 0 spiro atoms. The number of carboxylic acids is 1. The summed E-state index contributed by atoms with van der Waals surface area (Å²) in [5.74, 6) is -1.11. The lowest BCUT2D eigenvalue weighted by Crippen LogP contribution is -2.35. The number of hydrogen-bond donors (Lipinski definition) is 0. The summed E-state index contributed by atoms with van der Waals surface area (Å²) in [6.45, 7) is 19.0. The number of carbonyl (C=O) groups is 1. The molecule has 1 rings (SSSR count). The van der Waals surface area contributed by atoms with Crippen molar-refractivity contribution < 1.29 is 14.5 Å². The molecule has 0 amide bonds. The molecule has 1 unspecified atom stereocenters. The summed E-state index contributed by atoms with van der Waals surface area (Å²) in [6.07, 6.45) is 19.7. The van der Waals surface area contributed by atoms with E-state index in [0.29, 0.717) is 11.8 Å². The van der Waals surface area contributed by atoms with Crippen molar-refractivity contribution in [2.24, 2.45) is 11.3 Å². The molecular weight excluding hydrogens is 384 g/mol. The van der Waals surface area contributed by atoms with Crippen LogP contribution in [-0.2, 0) is 16.9 Å². The Morgan fingerprint density at radius 3 is 2.03 bits per heavy atom. The highest BCUT2D eigenvalue weighted by Crippen LogP contribution is 2.31. The molecule has 31 heavy (non-hydrogen) atoms. The highest BCUT2D eigenvalue weighted by atomic mass is 16.4. The second-order valence-electron chi connectivity index (χ2n) is 10.9. The minimum Gasteiger partial charge on any atom is -0.550 e. The Bertz CT molecular complexity index is 584. The van der Waals surface area contributed by atoms with Crippen LogP contribution in [0.5, 0.6) is 0 Å². The van der Waals surface area contributed by atoms with Crippen LogP contribution in [-0.4, -0.2) is 10.5 Å². The summed E-state index contributed by atoms with van der Waals surface area (Å²) in [5, 5.41) is 10.3. The van der Waals surface area contributed by atoms with Gasteiger partial charge in [-0.3, -0.25) is 0 Å². The first-order chi connectivity index (χ1) is 14.5. The first-order valence-corrected chi connectivity index (χ1v) is 12.7. The van der Waals surface area contributed by atoms with Gasteiger partial charge in [0, 0.05) is 5.97 Å². The average molecular weight is 437 g/mol. The fourth-order valence-corrected chi connectivity index (χ4v) is 4.29. The number of nitrogens with zero attached hydrogens (tertiary/aromatic N) is 2. The van der Waals surface area contributed by atoms with Gasteiger partial charge < -0.3 is 9.90 Å². The predicted octanol–water partition coefficient (Wildman–Crippen LogP) is 6.26. The van der Waals surface area contributed by atoms with Gasteiger partial charge in [0.2, 0.25) is 6.33 Å². The van der Waals surface area contributed by atoms with E-state index in [4.69, 9.17) is 0 Å². The normalized spacial score (nSPS) is 12.9. The second-order valence-corrected chi connectivity index (χ2v) is 10.9. The number of aromatic nitrogens is 2. The monoisotopic (exact) mass is 436 g/mol. The Labute approximate surface area is 193 Å². The summed E-state index contributed by atoms with van der Waals surface area (Å²) in [6, 6.07) is 0. The maximum Gasteiger partial charge on any atom is 0.244 e. The van der Waals surface area contributed by atoms with Gasteiger partial charge in [-0.1, -0.05) is 80.1 Å². The number of aryl methyl sites for hydroxylation is 1. The molecule has 182 valence electrons. The van der Waals surface area contributed by atoms with Gasteiger partial charge in [0.1, 0.15) is 17.9 Å². The van der Waals surface area contributed by atoms with E-state index in [-0.39, 0.29) is 11.5 Å². The largest absolute Gasteiger partial charge is 0.550 e. The fourth-order valence-electron chi connectivity index (χ4n) is 4.29. The van der Waals surface area contributed by atoms with Crippen LogP contribution in [0.25, 0.3) is 0 Å². The molecule has 0 radical (unpaired) electrons. The molecule has 0 aliphatic carbocycles. The molecule has 1 atom stereocenters. The van der Waals surface area contributed by atoms with Gasteiger partial charge in [0.15, 0.2) is 0 Å². The van der Waals surface area contributed by atoms with Crippen molar-refractivity contribution in [1.29, 1.82) is 0 Å². The summed E-state index contributed by atoms with van der Waals surface area (Å²) >= 11 is 0. The van der Waals surface area contributed by atoms with Crippen LogP contribution in [0.2, 0.25) is 0 Å². The Kier molecular flexibility index (Phi) is 14.8. The van der Waals surface area contributed by atoms with Crippen molar-refractivity contribution in [3.8, 4) is 0 Å². The van der Waals surface area contributed by atoms with Crippen molar-refractivity contribution in [3.05, 3.63) is 18.7 Å². The van der Waals surface area contributed by atoms with Gasteiger partial charge in [-0.2, -0.15) is 0 Å². The van der Waals surface area contributed by atoms with Gasteiger partial charge in [0.05, 0.1) is 6.54 Å². The molecule has 0 saturated carbocycles. The topological polar surface area (TPSA) is 48.9 Å². The third kappa shape index (κ3) is 14.4. The van der Waals surface area contributed by atoms with Crippen LogP contribution in [0.3, 0.4) is 0 Å². The molecule has 4 nitrogen and oxygen atoms in total. The molecule has 0 aromatic carbocycles. The molecule has 1 aromatic heterocycles. The third-order valence-corrected chi connectivity index (χ3v) is 5.86. The highest BCUT2D eigenvalue weighted by molar-refractivity contribution is 5.67. The summed E-state index contributed by atoms with van der Waals surface area (Å²) in [4.78, 5) is 10.3. The van der Waals surface area contributed by atoms with Crippen LogP contribution in [0.15, 0.2) is 18.7 Å². The van der Waals surface area contributed by atoms with E-state index >= 15 is 0 Å². The zero-order chi connectivity index (χ0) is 23.9. The molecule has 0 N–H and O–H groups in total. The van der Waals surface area contributed by atoms with E-state index in [9.17, 15) is 9.90 Å². The summed E-state index contributed by atoms with van der Waals surface area (Å²) in [5.41, 5.74) is 0.544. The molecule has 0 aliphatic rings. The zero-order valence-corrected chi connectivity index (χ0v) is 22.0. The molecule has 1 aromatic rings. The maximum absolute atomic E-state index is 10.3. The molecule has 4 heteroatoms. The molecular formula is C27H52N2O2. The summed E-state index contributed by atoms with van der Waals surface area (Å²) in [7, 11) is 0. The molecule has 0 aliphatic heterocycles. The van der Waals surface area contributed by atoms with E-state index in [1.165, 1.54) is 44.9 Å². The lowest BCUT2D eigenvalue weighted by Gasteiger charge is -2.29. The number of hydrogen-bond acceptors (Lipinski definition) is 2. The quantitative estimate of drug-likeness (QED) is 0.255. The lowest BCUT2D eigenvalue weighted by atomic mass is 9.82. The number of imidazole rings is 1. The smallest absolute Gasteiger partial charge is 0.244 e. The first-order valence-electron chi connectivity index (χ1n) is 12.7. The third-order valence-electron chi connectivity index (χ3n) is 5.86. The van der Waals surface area contributed by atoms with Crippen molar-refractivity contribution in [3.63, 3.8) is 0 Å². The number of unbranched alkanes of at least 4 members (excludes halogenated alkanes) is 6. The number of carboxylic acid groups (broad SMARTS) is 1. The Hall–Kier alpha value is -1.32. The highest BCUT2D eigenvalue weighted by Gasteiger charge is 2.31. The minimum absolute atomic E-state index is 0.185. The van der Waals surface area contributed by atoms with Crippen LogP contribution < -0.4 is 9.67 Å². The van der Waals surface area contributed by atoms with E-state index in [0.717, 1.165) is 25.8 Å². The van der Waals surface area contributed by atoms with Gasteiger partial charge in [0.25, 0.3) is 0 Å². The Balaban J connectivity index is 0.000000759. The van der Waals surface area contributed by atoms with Crippen molar-refractivity contribution in [1.82, 2.24) is 4.57 Å². The zero-order valence-electron chi connectivity index (χ0n) is 22.0. The van der Waals surface area contributed by atoms with E-state index in [2.05, 4.69) is 76.3 Å². The van der Waals surface area contributed by atoms with Gasteiger partial charge in [-0.05, 0) is 57.3 Å². The molecule has 1 heterocycles. The number of carbonyl (C=O) groups excluding carboxylic acids is 1. The van der Waals surface area contributed by atoms with E-state index < -0.39 is 5.97 Å². The minimum atomic E-state index is -0.893. The maximum atomic E-state index is 10.3. The summed E-state index contributed by atoms with van der Waals surface area (Å²) < 4.78 is 4.74. The van der Waals surface area contributed by atoms with Gasteiger partial charge in [-0.15, -0.1) is 0 Å². The van der Waals surface area contributed by atoms with Crippen molar-refractivity contribution in [2.45, 2.75) is 138 Å². The van der Waals surface area contributed by atoms with E-state index in [1.807, 2.05) is 6.92 Å². The van der Waals surface area contributed by atoms with Crippen LogP contribution >= 0.6 is 0 Å². The number of aliphatic carboxylic acids is 1. The molecule has 0 saturated heterocycles. The van der Waals surface area contributed by atoms with Crippen molar-refractivity contribution in [2.75, 3.05) is 0 Å². The first kappa shape index (κ1) is 29.7. The lowest BCUT2D eigenvalue weighted by molar-refractivity contribution is -0.697. The second kappa shape index (κ2) is 15.5. The van der Waals surface area contributed by atoms with E-state index in [1.54, 1.807) is 0 Å². The molecule has 0 fully saturated rings. The molecule has 0 bridgehead atoms. The predicted molar refractivity (Wildman–Crippen MR) is 130 cm³/mol. The van der Waals surface area contributed by atoms with Crippen LogP contribution in [0, 0.1) is 11.3 Å². The van der Waals surface area contributed by atoms with Gasteiger partial charge >= 0.3 is 0 Å². The number of rotatable bonds is 14. The SMILES string of the molecule is CCCCC(CC)C(=O)[O-].CCCCCCCC[n+]1ccn(C(C)(C)CC(C)(C)C)c1. The van der Waals surface area contributed by atoms with Crippen molar-refractivity contribution >= 4 is 5.97 Å². The van der Waals surface area contributed by atoms with Crippen LogP contribution in [0.1, 0.15) is 126 Å². The fraction of sp³-hybridized carbons (Fsp3) is 0.852. The Morgan fingerprint density at radius 2 is 1.52 bits per heavy atom. The standard InChI is InChI=1S/C19H37N2.C8H16O2/c1-7-8-9-10-11-12-13-20-14-15-21(17-20)19(5,6)16-18(2,3)4;1-3-5-6-7(4-2)8(9)10/h14-15,17H,7-13,16H2,1-6H3;7H,3-6H2,1-2H3,(H,9,10)/q+1;/p-1. The van der Waals surface area contributed by atoms with Gasteiger partial charge in [-0.25, -0.2) is 9.13 Å². The Morgan fingerprint density at radius 1 is 0.935 bits per heavy atom. The average Bonchev–Trinajstić information content (AvgIpc) is 3.14.